The SMILES string of the molecule is CC(C)(C)N1CCC(C2(NCC(C)(C)N3C[C@@H]4CNC[C@H]4C3)CC2)C1. The van der Waals surface area contributed by atoms with E-state index in [2.05, 4.69) is 55.1 Å². The molecule has 0 aromatic rings. The topological polar surface area (TPSA) is 30.5 Å². The van der Waals surface area contributed by atoms with Gasteiger partial charge >= 0.3 is 0 Å². The van der Waals surface area contributed by atoms with E-state index in [1.54, 1.807) is 0 Å². The Hall–Kier alpha value is -0.160. The zero-order chi connectivity index (χ0) is 17.9. The Balaban J connectivity index is 1.32. The second kappa shape index (κ2) is 6.19. The molecule has 3 aliphatic heterocycles. The molecule has 4 fully saturated rings. The van der Waals surface area contributed by atoms with Gasteiger partial charge < -0.3 is 10.6 Å². The molecule has 25 heavy (non-hydrogen) atoms. The molecule has 3 atom stereocenters. The molecule has 0 radical (unpaired) electrons. The number of nitrogens with zero attached hydrogens (tertiary/aromatic N) is 2. The van der Waals surface area contributed by atoms with Crippen molar-refractivity contribution in [2.75, 3.05) is 45.8 Å². The first-order valence-electron chi connectivity index (χ1n) is 10.7. The predicted octanol–water partition coefficient (Wildman–Crippen LogP) is 2.16. The molecule has 2 N–H and O–H groups in total. The fraction of sp³-hybridized carbons (Fsp3) is 1.00. The van der Waals surface area contributed by atoms with Crippen LogP contribution in [0.5, 0.6) is 0 Å². The van der Waals surface area contributed by atoms with Gasteiger partial charge in [-0.1, -0.05) is 0 Å². The van der Waals surface area contributed by atoms with Gasteiger partial charge in [0.05, 0.1) is 0 Å². The van der Waals surface area contributed by atoms with Crippen LogP contribution in [-0.2, 0) is 0 Å². The van der Waals surface area contributed by atoms with Crippen LogP contribution in [0.2, 0.25) is 0 Å². The van der Waals surface area contributed by atoms with E-state index in [0.717, 1.165) is 24.3 Å². The third-order valence-electron chi connectivity index (χ3n) is 7.83. The van der Waals surface area contributed by atoms with Gasteiger partial charge in [-0.15, -0.1) is 0 Å². The van der Waals surface area contributed by atoms with Crippen molar-refractivity contribution in [1.29, 1.82) is 0 Å². The maximum Gasteiger partial charge on any atom is 0.0278 e. The van der Waals surface area contributed by atoms with E-state index in [-0.39, 0.29) is 5.54 Å². The molecule has 0 aromatic carbocycles. The van der Waals surface area contributed by atoms with Gasteiger partial charge in [-0.2, -0.15) is 0 Å². The van der Waals surface area contributed by atoms with Gasteiger partial charge in [0.15, 0.2) is 0 Å². The fourth-order valence-corrected chi connectivity index (χ4v) is 5.54. The summed E-state index contributed by atoms with van der Waals surface area (Å²) in [5, 5.41) is 7.65. The molecule has 144 valence electrons. The Bertz CT molecular complexity index is 479. The summed E-state index contributed by atoms with van der Waals surface area (Å²) < 4.78 is 0. The Morgan fingerprint density at radius 3 is 2.12 bits per heavy atom. The molecule has 0 spiro atoms. The van der Waals surface area contributed by atoms with E-state index < -0.39 is 0 Å². The minimum Gasteiger partial charge on any atom is -0.316 e. The highest BCUT2D eigenvalue weighted by Crippen LogP contribution is 2.47. The standard InChI is InChI=1S/C21H40N4/c1-19(2,3)24-9-6-18(14-24)21(7-8-21)23-15-20(4,5)25-12-16-10-22-11-17(16)13-25/h16-18,22-23H,6-15H2,1-5H3/t16-,17-,18?/m0/s1. The fourth-order valence-electron chi connectivity index (χ4n) is 5.54. The lowest BCUT2D eigenvalue weighted by Gasteiger charge is -2.39. The molecule has 4 rings (SSSR count). The molecule has 4 nitrogen and oxygen atoms in total. The van der Waals surface area contributed by atoms with Gasteiger partial charge in [-0.05, 0) is 91.3 Å². The average Bonchev–Trinajstić information content (AvgIpc) is 2.94. The van der Waals surface area contributed by atoms with Gasteiger partial charge in [0, 0.05) is 42.8 Å². The van der Waals surface area contributed by atoms with Gasteiger partial charge in [0.25, 0.3) is 0 Å². The van der Waals surface area contributed by atoms with Crippen LogP contribution < -0.4 is 10.6 Å². The summed E-state index contributed by atoms with van der Waals surface area (Å²) in [6.07, 6.45) is 4.16. The van der Waals surface area contributed by atoms with Crippen LogP contribution in [0.15, 0.2) is 0 Å². The van der Waals surface area contributed by atoms with E-state index in [1.165, 1.54) is 58.5 Å². The Morgan fingerprint density at radius 2 is 1.60 bits per heavy atom. The average molecular weight is 349 g/mol. The highest BCUT2D eigenvalue weighted by atomic mass is 15.3. The molecule has 3 heterocycles. The second-order valence-corrected chi connectivity index (χ2v) is 11.0. The minimum atomic E-state index is 0.280. The molecular weight excluding hydrogens is 308 g/mol. The molecule has 0 bridgehead atoms. The van der Waals surface area contributed by atoms with Gasteiger partial charge in [0.1, 0.15) is 0 Å². The summed E-state index contributed by atoms with van der Waals surface area (Å²) in [4.78, 5) is 5.46. The van der Waals surface area contributed by atoms with Crippen molar-refractivity contribution in [3.63, 3.8) is 0 Å². The van der Waals surface area contributed by atoms with Crippen molar-refractivity contribution in [3.8, 4) is 0 Å². The second-order valence-electron chi connectivity index (χ2n) is 11.0. The lowest BCUT2D eigenvalue weighted by Crippen LogP contribution is -2.54. The van der Waals surface area contributed by atoms with E-state index in [9.17, 15) is 0 Å². The molecule has 1 unspecified atom stereocenters. The highest BCUT2D eigenvalue weighted by Gasteiger charge is 2.52. The third kappa shape index (κ3) is 3.52. The van der Waals surface area contributed by atoms with Crippen LogP contribution in [0.1, 0.15) is 53.9 Å². The smallest absolute Gasteiger partial charge is 0.0278 e. The van der Waals surface area contributed by atoms with Gasteiger partial charge in [-0.3, -0.25) is 9.80 Å². The van der Waals surface area contributed by atoms with E-state index >= 15 is 0 Å². The largest absolute Gasteiger partial charge is 0.316 e. The molecule has 1 saturated carbocycles. The molecule has 4 aliphatic rings. The van der Waals surface area contributed by atoms with Crippen molar-refractivity contribution in [3.05, 3.63) is 0 Å². The zero-order valence-electron chi connectivity index (χ0n) is 17.2. The summed E-state index contributed by atoms with van der Waals surface area (Å²) in [5.41, 5.74) is 1.06. The normalized spacial score (nSPS) is 36.1. The summed E-state index contributed by atoms with van der Waals surface area (Å²) in [6, 6.07) is 0. The van der Waals surface area contributed by atoms with E-state index in [4.69, 9.17) is 0 Å². The molecule has 1 aliphatic carbocycles. The van der Waals surface area contributed by atoms with Crippen LogP contribution in [0.25, 0.3) is 0 Å². The van der Waals surface area contributed by atoms with Crippen LogP contribution in [0, 0.1) is 17.8 Å². The number of likely N-dealkylation sites (tertiary alicyclic amines) is 2. The molecule has 4 heteroatoms. The third-order valence-corrected chi connectivity index (χ3v) is 7.83. The zero-order valence-corrected chi connectivity index (χ0v) is 17.2. The first-order chi connectivity index (χ1) is 11.7. The van der Waals surface area contributed by atoms with E-state index in [1.807, 2.05) is 0 Å². The highest BCUT2D eigenvalue weighted by molar-refractivity contribution is 5.11. The molecule has 0 aromatic heterocycles. The first-order valence-corrected chi connectivity index (χ1v) is 10.7. The van der Waals surface area contributed by atoms with Gasteiger partial charge in [-0.25, -0.2) is 0 Å². The summed E-state index contributed by atoms with van der Waals surface area (Å²) in [5.74, 6) is 2.64. The van der Waals surface area contributed by atoms with Crippen LogP contribution in [0.4, 0.5) is 0 Å². The Kier molecular flexibility index (Phi) is 4.51. The summed E-state index contributed by atoms with van der Waals surface area (Å²) in [7, 11) is 0. The number of nitrogens with one attached hydrogen (secondary N) is 2. The maximum absolute atomic E-state index is 4.08. The lowest BCUT2D eigenvalue weighted by molar-refractivity contribution is 0.125. The van der Waals surface area contributed by atoms with E-state index in [0.29, 0.717) is 11.1 Å². The van der Waals surface area contributed by atoms with Crippen LogP contribution in [-0.4, -0.2) is 72.2 Å². The summed E-state index contributed by atoms with van der Waals surface area (Å²) >= 11 is 0. The van der Waals surface area contributed by atoms with Crippen molar-refractivity contribution in [2.24, 2.45) is 17.8 Å². The molecule has 3 saturated heterocycles. The number of hydrogen-bond donors (Lipinski definition) is 2. The monoisotopic (exact) mass is 348 g/mol. The van der Waals surface area contributed by atoms with Crippen molar-refractivity contribution in [1.82, 2.24) is 20.4 Å². The number of hydrogen-bond acceptors (Lipinski definition) is 4. The van der Waals surface area contributed by atoms with Crippen molar-refractivity contribution < 1.29 is 0 Å². The van der Waals surface area contributed by atoms with Crippen LogP contribution >= 0.6 is 0 Å². The Morgan fingerprint density at radius 1 is 0.960 bits per heavy atom. The predicted molar refractivity (Wildman–Crippen MR) is 105 cm³/mol. The number of rotatable bonds is 5. The number of fused-ring (bicyclic) bond motifs is 1. The quantitative estimate of drug-likeness (QED) is 0.797. The van der Waals surface area contributed by atoms with Crippen LogP contribution in [0.3, 0.4) is 0 Å². The lowest BCUT2D eigenvalue weighted by atomic mass is 9.94. The van der Waals surface area contributed by atoms with Crippen molar-refractivity contribution in [2.45, 2.75) is 70.5 Å². The summed E-state index contributed by atoms with van der Waals surface area (Å²) in [6.45, 7) is 20.8. The maximum atomic E-state index is 4.08. The Labute approximate surface area is 155 Å². The minimum absolute atomic E-state index is 0.280. The van der Waals surface area contributed by atoms with Crippen molar-refractivity contribution >= 4 is 0 Å². The molecular formula is C21H40N4. The first kappa shape index (κ1) is 18.2. The molecule has 0 amide bonds. The van der Waals surface area contributed by atoms with Gasteiger partial charge in [0.2, 0.25) is 0 Å².